The number of para-hydroxylation sites is 1. The molecule has 10 heteroatoms. The predicted molar refractivity (Wildman–Crippen MR) is 126 cm³/mol. The van der Waals surface area contributed by atoms with Crippen LogP contribution in [0.1, 0.15) is 27.6 Å². The van der Waals surface area contributed by atoms with Crippen molar-refractivity contribution in [3.63, 3.8) is 0 Å². The average molecular weight is 498 g/mol. The lowest BCUT2D eigenvalue weighted by Crippen LogP contribution is -2.31. The predicted octanol–water partition coefficient (Wildman–Crippen LogP) is 4.78. The zero-order valence-electron chi connectivity index (χ0n) is 18.1. The summed E-state index contributed by atoms with van der Waals surface area (Å²) in [7, 11) is -4.15. The van der Waals surface area contributed by atoms with E-state index < -0.39 is 16.0 Å². The smallest absolute Gasteiger partial charge is 0.338 e. The van der Waals surface area contributed by atoms with E-state index in [9.17, 15) is 13.2 Å². The molecule has 0 amide bonds. The highest BCUT2D eigenvalue weighted by Gasteiger charge is 2.29. The molecule has 0 aliphatic rings. The van der Waals surface area contributed by atoms with Crippen LogP contribution in [-0.2, 0) is 27.9 Å². The third-order valence-corrected chi connectivity index (χ3v) is 7.10. The van der Waals surface area contributed by atoms with Crippen molar-refractivity contribution in [3.8, 4) is 0 Å². The maximum absolute atomic E-state index is 13.8. The van der Waals surface area contributed by atoms with Gasteiger partial charge in [0.25, 0.3) is 15.9 Å². The highest BCUT2D eigenvalue weighted by Crippen LogP contribution is 2.31. The number of anilines is 1. The van der Waals surface area contributed by atoms with Crippen LogP contribution in [0.2, 0.25) is 5.02 Å². The van der Waals surface area contributed by atoms with Gasteiger partial charge in [-0.05, 0) is 42.8 Å². The van der Waals surface area contributed by atoms with Crippen LogP contribution in [0.5, 0.6) is 0 Å². The number of esters is 1. The summed E-state index contributed by atoms with van der Waals surface area (Å²) in [5, 5.41) is 3.61. The highest BCUT2D eigenvalue weighted by atomic mass is 35.5. The third-order valence-electron chi connectivity index (χ3n) is 4.84. The zero-order chi connectivity index (χ0) is 24.1. The van der Waals surface area contributed by atoms with E-state index in [2.05, 4.69) is 10.1 Å². The van der Waals surface area contributed by atoms with Crippen LogP contribution in [0.15, 0.2) is 88.3 Å². The number of aryl methyl sites for hydroxylation is 1. The van der Waals surface area contributed by atoms with Crippen molar-refractivity contribution in [1.29, 1.82) is 0 Å². The molecule has 0 unspecified atom stereocenters. The number of sulfonamides is 1. The van der Waals surface area contributed by atoms with Crippen LogP contribution in [-0.4, -0.2) is 24.5 Å². The summed E-state index contributed by atoms with van der Waals surface area (Å²) in [6.45, 7) is 1.47. The van der Waals surface area contributed by atoms with Crippen molar-refractivity contribution in [2.45, 2.75) is 25.0 Å². The summed E-state index contributed by atoms with van der Waals surface area (Å²) in [4.78, 5) is 16.3. The van der Waals surface area contributed by atoms with Crippen LogP contribution in [0.3, 0.4) is 0 Å². The van der Waals surface area contributed by atoms with E-state index in [1.807, 2.05) is 30.3 Å². The number of aromatic nitrogens is 2. The lowest BCUT2D eigenvalue weighted by atomic mass is 10.2. The van der Waals surface area contributed by atoms with Crippen LogP contribution in [0.25, 0.3) is 0 Å². The first-order valence-electron chi connectivity index (χ1n) is 10.2. The fourth-order valence-electron chi connectivity index (χ4n) is 3.21. The van der Waals surface area contributed by atoms with Crippen LogP contribution in [0, 0.1) is 6.92 Å². The fraction of sp³-hybridized carbons (Fsp3) is 0.125. The van der Waals surface area contributed by atoms with E-state index in [0.29, 0.717) is 11.5 Å². The van der Waals surface area contributed by atoms with Gasteiger partial charge in [0.15, 0.2) is 12.4 Å². The Hall–Kier alpha value is -3.69. The largest absolute Gasteiger partial charge is 0.452 e. The number of halogens is 1. The summed E-state index contributed by atoms with van der Waals surface area (Å²) in [5.74, 6) is -0.214. The molecule has 4 rings (SSSR count). The number of carbonyl (C=O) groups excluding carboxylic acids is 1. The first-order valence-corrected chi connectivity index (χ1v) is 12.0. The molecule has 0 aliphatic carbocycles. The summed E-state index contributed by atoms with van der Waals surface area (Å²) >= 11 is 6.30. The second-order valence-electron chi connectivity index (χ2n) is 7.29. The molecule has 0 spiro atoms. The molecule has 0 saturated heterocycles. The Morgan fingerprint density at radius 3 is 2.35 bits per heavy atom. The Morgan fingerprint density at radius 1 is 1.03 bits per heavy atom. The molecule has 8 nitrogen and oxygen atoms in total. The normalized spacial score (nSPS) is 11.2. The molecule has 0 aliphatic heterocycles. The average Bonchev–Trinajstić information content (AvgIpc) is 3.27. The Kier molecular flexibility index (Phi) is 6.95. The molecule has 0 atom stereocenters. The molecular formula is C24H20ClN3O5S. The van der Waals surface area contributed by atoms with Gasteiger partial charge in [0, 0.05) is 0 Å². The second-order valence-corrected chi connectivity index (χ2v) is 9.53. The minimum Gasteiger partial charge on any atom is -0.452 e. The molecule has 1 heterocycles. The van der Waals surface area contributed by atoms with Gasteiger partial charge in [0.05, 0.1) is 22.8 Å². The first-order chi connectivity index (χ1) is 16.3. The van der Waals surface area contributed by atoms with Gasteiger partial charge in [0.2, 0.25) is 0 Å². The summed E-state index contributed by atoms with van der Waals surface area (Å²) in [6, 6.07) is 21.8. The van der Waals surface area contributed by atoms with Gasteiger partial charge >= 0.3 is 5.97 Å². The Labute approximate surface area is 201 Å². The third kappa shape index (κ3) is 5.27. The Morgan fingerprint density at radius 2 is 1.71 bits per heavy atom. The maximum atomic E-state index is 13.8. The number of rotatable bonds is 8. The van der Waals surface area contributed by atoms with Gasteiger partial charge in [-0.2, -0.15) is 4.98 Å². The molecule has 1 aromatic heterocycles. The minimum atomic E-state index is -4.15. The molecule has 3 aromatic carbocycles. The molecule has 0 N–H and O–H groups in total. The van der Waals surface area contributed by atoms with E-state index >= 15 is 0 Å². The molecule has 4 aromatic rings. The Balaban J connectivity index is 1.66. The van der Waals surface area contributed by atoms with E-state index in [4.69, 9.17) is 20.9 Å². The summed E-state index contributed by atoms with van der Waals surface area (Å²) in [5.41, 5.74) is 1.27. The molecule has 174 valence electrons. The molecule has 34 heavy (non-hydrogen) atoms. The highest BCUT2D eigenvalue weighted by molar-refractivity contribution is 7.93. The number of ether oxygens (including phenoxy) is 1. The standard InChI is InChI=1S/C24H20ClN3O5S/c1-17-26-23(33-27-17)16-32-24(29)19-12-13-21(25)22(14-19)34(30,31)28(20-10-6-3-7-11-20)15-18-8-4-2-5-9-18/h2-14H,15-16H2,1H3. The molecule has 0 fully saturated rings. The summed E-state index contributed by atoms with van der Waals surface area (Å²) < 4.78 is 38.9. The van der Waals surface area contributed by atoms with Crippen LogP contribution in [0.4, 0.5) is 5.69 Å². The molecule has 0 bridgehead atoms. The number of benzene rings is 3. The zero-order valence-corrected chi connectivity index (χ0v) is 19.7. The van der Waals surface area contributed by atoms with Gasteiger partial charge in [-0.1, -0.05) is 65.3 Å². The number of carbonyl (C=O) groups is 1. The van der Waals surface area contributed by atoms with Gasteiger partial charge in [0.1, 0.15) is 4.90 Å². The van der Waals surface area contributed by atoms with Gasteiger partial charge in [-0.3, -0.25) is 4.31 Å². The van der Waals surface area contributed by atoms with Crippen molar-refractivity contribution in [2.75, 3.05) is 4.31 Å². The molecule has 0 radical (unpaired) electrons. The molecular weight excluding hydrogens is 478 g/mol. The Bertz CT molecular complexity index is 1390. The lowest BCUT2D eigenvalue weighted by Gasteiger charge is -2.25. The van der Waals surface area contributed by atoms with Gasteiger partial charge in [-0.25, -0.2) is 13.2 Å². The number of hydrogen-bond donors (Lipinski definition) is 0. The van der Waals surface area contributed by atoms with Crippen molar-refractivity contribution >= 4 is 33.3 Å². The van der Waals surface area contributed by atoms with Gasteiger partial charge in [-0.15, -0.1) is 0 Å². The van der Waals surface area contributed by atoms with Crippen LogP contribution >= 0.6 is 11.6 Å². The number of nitrogens with zero attached hydrogens (tertiary/aromatic N) is 3. The fourth-order valence-corrected chi connectivity index (χ4v) is 5.17. The van der Waals surface area contributed by atoms with E-state index in [0.717, 1.165) is 5.56 Å². The van der Waals surface area contributed by atoms with Crippen molar-refractivity contribution in [2.24, 2.45) is 0 Å². The van der Waals surface area contributed by atoms with Crippen molar-refractivity contribution in [3.05, 3.63) is 107 Å². The second kappa shape index (κ2) is 10.1. The lowest BCUT2D eigenvalue weighted by molar-refractivity contribution is 0.0429. The minimum absolute atomic E-state index is 0.0157. The van der Waals surface area contributed by atoms with Crippen LogP contribution < -0.4 is 4.31 Å². The first kappa shape index (κ1) is 23.5. The van der Waals surface area contributed by atoms with E-state index in [-0.39, 0.29) is 34.5 Å². The van der Waals surface area contributed by atoms with Crippen molar-refractivity contribution in [1.82, 2.24) is 10.1 Å². The number of hydrogen-bond acceptors (Lipinski definition) is 7. The summed E-state index contributed by atoms with van der Waals surface area (Å²) in [6.07, 6.45) is 0. The maximum Gasteiger partial charge on any atom is 0.338 e. The van der Waals surface area contributed by atoms with Crippen molar-refractivity contribution < 1.29 is 22.5 Å². The monoisotopic (exact) mass is 497 g/mol. The van der Waals surface area contributed by atoms with E-state index in [1.54, 1.807) is 37.3 Å². The topological polar surface area (TPSA) is 103 Å². The van der Waals surface area contributed by atoms with E-state index in [1.165, 1.54) is 22.5 Å². The molecule has 0 saturated carbocycles. The SMILES string of the molecule is Cc1noc(COC(=O)c2ccc(Cl)c(S(=O)(=O)N(Cc3ccccc3)c3ccccc3)c2)n1. The van der Waals surface area contributed by atoms with Gasteiger partial charge < -0.3 is 9.26 Å². The quantitative estimate of drug-likeness (QED) is 0.322.